The van der Waals surface area contributed by atoms with Crippen LogP contribution in [0.25, 0.3) is 0 Å². The molecule has 0 aromatic heterocycles. The Morgan fingerprint density at radius 2 is 2.06 bits per heavy atom. The molecule has 0 aliphatic heterocycles. The number of hydrogen-bond acceptors (Lipinski definition) is 4. The van der Waals surface area contributed by atoms with E-state index < -0.39 is 12.0 Å². The standard InChI is InChI=1S/C10H17N3O3/c1-7(4-11)5-13(3)6-9(10(15)16)12-8(2)14/h7,9H,5-6H2,1-3H3,(H,12,14)(H,15,16). The minimum Gasteiger partial charge on any atom is -0.480 e. The van der Waals surface area contributed by atoms with Crippen molar-refractivity contribution in [2.45, 2.75) is 19.9 Å². The van der Waals surface area contributed by atoms with Gasteiger partial charge in [0.25, 0.3) is 0 Å². The van der Waals surface area contributed by atoms with Gasteiger partial charge in [-0.05, 0) is 14.0 Å². The number of nitriles is 1. The van der Waals surface area contributed by atoms with Crippen molar-refractivity contribution in [2.24, 2.45) is 5.92 Å². The average Bonchev–Trinajstić information content (AvgIpc) is 2.15. The summed E-state index contributed by atoms with van der Waals surface area (Å²) in [6, 6.07) is 1.13. The largest absolute Gasteiger partial charge is 0.480 e. The summed E-state index contributed by atoms with van der Waals surface area (Å²) in [5.41, 5.74) is 0. The fourth-order valence-corrected chi connectivity index (χ4v) is 1.33. The molecule has 0 heterocycles. The second-order valence-corrected chi connectivity index (χ2v) is 3.84. The fourth-order valence-electron chi connectivity index (χ4n) is 1.33. The van der Waals surface area contributed by atoms with Crippen molar-refractivity contribution in [1.29, 1.82) is 5.26 Å². The smallest absolute Gasteiger partial charge is 0.327 e. The van der Waals surface area contributed by atoms with Crippen LogP contribution in [-0.2, 0) is 9.59 Å². The van der Waals surface area contributed by atoms with E-state index in [2.05, 4.69) is 11.4 Å². The Kier molecular flexibility index (Phi) is 6.11. The van der Waals surface area contributed by atoms with Gasteiger partial charge in [-0.2, -0.15) is 5.26 Å². The molecule has 0 saturated heterocycles. The predicted octanol–water partition coefficient (Wildman–Crippen LogP) is -0.333. The number of carbonyl (C=O) groups is 2. The van der Waals surface area contributed by atoms with Crippen molar-refractivity contribution >= 4 is 11.9 Å². The molecule has 0 aliphatic carbocycles. The number of aliphatic carboxylic acids is 1. The predicted molar refractivity (Wildman–Crippen MR) is 57.5 cm³/mol. The Morgan fingerprint density at radius 1 is 1.50 bits per heavy atom. The number of carbonyl (C=O) groups excluding carboxylic acids is 1. The molecule has 1 amide bonds. The van der Waals surface area contributed by atoms with Crippen LogP contribution >= 0.6 is 0 Å². The SMILES string of the molecule is CC(=O)NC(CN(C)CC(C)C#N)C(=O)O. The molecule has 2 N–H and O–H groups in total. The third-order valence-corrected chi connectivity index (χ3v) is 1.98. The first-order chi connectivity index (χ1) is 7.36. The molecule has 0 radical (unpaired) electrons. The zero-order chi connectivity index (χ0) is 12.7. The Labute approximate surface area is 94.8 Å². The molecule has 90 valence electrons. The van der Waals surface area contributed by atoms with E-state index in [1.54, 1.807) is 18.9 Å². The van der Waals surface area contributed by atoms with E-state index in [1.165, 1.54) is 6.92 Å². The van der Waals surface area contributed by atoms with Gasteiger partial charge in [0, 0.05) is 20.0 Å². The van der Waals surface area contributed by atoms with Crippen molar-refractivity contribution in [2.75, 3.05) is 20.1 Å². The highest BCUT2D eigenvalue weighted by Crippen LogP contribution is 1.98. The van der Waals surface area contributed by atoms with Gasteiger partial charge in [0.1, 0.15) is 6.04 Å². The summed E-state index contributed by atoms with van der Waals surface area (Å²) < 4.78 is 0. The van der Waals surface area contributed by atoms with Crippen LogP contribution in [0, 0.1) is 17.2 Å². The highest BCUT2D eigenvalue weighted by Gasteiger charge is 2.20. The molecule has 2 atom stereocenters. The number of carboxylic acid groups (broad SMARTS) is 1. The van der Waals surface area contributed by atoms with Crippen LogP contribution in [0.3, 0.4) is 0 Å². The number of carboxylic acids is 1. The highest BCUT2D eigenvalue weighted by molar-refractivity contribution is 5.82. The Bertz CT molecular complexity index is 298. The van der Waals surface area contributed by atoms with Gasteiger partial charge in [0.2, 0.25) is 5.91 Å². The molecule has 0 spiro atoms. The summed E-state index contributed by atoms with van der Waals surface area (Å²) in [5.74, 6) is -1.63. The van der Waals surface area contributed by atoms with E-state index in [0.29, 0.717) is 6.54 Å². The monoisotopic (exact) mass is 227 g/mol. The molecule has 6 heteroatoms. The third kappa shape index (κ3) is 5.98. The number of nitrogens with zero attached hydrogens (tertiary/aromatic N) is 2. The van der Waals surface area contributed by atoms with Crippen LogP contribution in [0.15, 0.2) is 0 Å². The molecule has 2 unspecified atom stereocenters. The van der Waals surface area contributed by atoms with Gasteiger partial charge >= 0.3 is 5.97 Å². The first kappa shape index (κ1) is 14.4. The van der Waals surface area contributed by atoms with Gasteiger partial charge < -0.3 is 15.3 Å². The molecule has 6 nitrogen and oxygen atoms in total. The third-order valence-electron chi connectivity index (χ3n) is 1.98. The van der Waals surface area contributed by atoms with E-state index in [1.807, 2.05) is 0 Å². The van der Waals surface area contributed by atoms with Gasteiger partial charge in [0.05, 0.1) is 12.0 Å². The quantitative estimate of drug-likeness (QED) is 0.648. The van der Waals surface area contributed by atoms with E-state index in [0.717, 1.165) is 0 Å². The molecule has 0 rings (SSSR count). The zero-order valence-electron chi connectivity index (χ0n) is 9.73. The summed E-state index contributed by atoms with van der Waals surface area (Å²) in [5, 5.41) is 19.8. The summed E-state index contributed by atoms with van der Waals surface area (Å²) in [6.07, 6.45) is 0. The number of amides is 1. The lowest BCUT2D eigenvalue weighted by molar-refractivity contribution is -0.142. The Balaban J connectivity index is 4.24. The maximum atomic E-state index is 10.8. The Morgan fingerprint density at radius 3 is 2.44 bits per heavy atom. The molecular weight excluding hydrogens is 210 g/mol. The first-order valence-electron chi connectivity index (χ1n) is 4.95. The van der Waals surface area contributed by atoms with Crippen molar-refractivity contribution in [1.82, 2.24) is 10.2 Å². The van der Waals surface area contributed by atoms with Crippen molar-refractivity contribution in [3.8, 4) is 6.07 Å². The van der Waals surface area contributed by atoms with Crippen LogP contribution in [-0.4, -0.2) is 48.1 Å². The minimum atomic E-state index is -1.08. The van der Waals surface area contributed by atoms with Crippen molar-refractivity contribution < 1.29 is 14.7 Å². The summed E-state index contributed by atoms with van der Waals surface area (Å²) in [6.45, 7) is 3.68. The van der Waals surface area contributed by atoms with E-state index in [-0.39, 0.29) is 18.4 Å². The zero-order valence-corrected chi connectivity index (χ0v) is 9.73. The minimum absolute atomic E-state index is 0.170. The van der Waals surface area contributed by atoms with Crippen LogP contribution in [0.4, 0.5) is 0 Å². The number of hydrogen-bond donors (Lipinski definition) is 2. The second kappa shape index (κ2) is 6.80. The second-order valence-electron chi connectivity index (χ2n) is 3.84. The van der Waals surface area contributed by atoms with Gasteiger partial charge in [0.15, 0.2) is 0 Å². The fraction of sp³-hybridized carbons (Fsp3) is 0.700. The molecule has 0 aromatic rings. The van der Waals surface area contributed by atoms with Crippen LogP contribution < -0.4 is 5.32 Å². The lowest BCUT2D eigenvalue weighted by Gasteiger charge is -2.22. The van der Waals surface area contributed by atoms with Gasteiger partial charge in [-0.15, -0.1) is 0 Å². The summed E-state index contributed by atoms with van der Waals surface area (Å²) >= 11 is 0. The summed E-state index contributed by atoms with van der Waals surface area (Å²) in [4.78, 5) is 23.3. The van der Waals surface area contributed by atoms with E-state index >= 15 is 0 Å². The van der Waals surface area contributed by atoms with Crippen LogP contribution in [0.1, 0.15) is 13.8 Å². The summed E-state index contributed by atoms with van der Waals surface area (Å²) in [7, 11) is 1.71. The van der Waals surface area contributed by atoms with Crippen molar-refractivity contribution in [3.63, 3.8) is 0 Å². The lowest BCUT2D eigenvalue weighted by atomic mass is 10.2. The van der Waals surface area contributed by atoms with E-state index in [9.17, 15) is 9.59 Å². The molecule has 0 bridgehead atoms. The topological polar surface area (TPSA) is 93.4 Å². The number of likely N-dealkylation sites (N-methyl/N-ethyl adjacent to an activating group) is 1. The Hall–Kier alpha value is -1.61. The maximum absolute atomic E-state index is 10.8. The normalized spacial score (nSPS) is 13.9. The van der Waals surface area contributed by atoms with Gasteiger partial charge in [-0.1, -0.05) is 0 Å². The number of rotatable bonds is 6. The lowest BCUT2D eigenvalue weighted by Crippen LogP contribution is -2.47. The molecule has 16 heavy (non-hydrogen) atoms. The average molecular weight is 227 g/mol. The molecular formula is C10H17N3O3. The molecule has 0 fully saturated rings. The van der Waals surface area contributed by atoms with Gasteiger partial charge in [-0.3, -0.25) is 4.79 Å². The van der Waals surface area contributed by atoms with Crippen molar-refractivity contribution in [3.05, 3.63) is 0 Å². The van der Waals surface area contributed by atoms with E-state index in [4.69, 9.17) is 10.4 Å². The highest BCUT2D eigenvalue weighted by atomic mass is 16.4. The molecule has 0 aromatic carbocycles. The number of nitrogens with one attached hydrogen (secondary N) is 1. The first-order valence-corrected chi connectivity index (χ1v) is 4.95. The molecule has 0 saturated carbocycles. The maximum Gasteiger partial charge on any atom is 0.327 e. The van der Waals surface area contributed by atoms with Gasteiger partial charge in [-0.25, -0.2) is 4.79 Å². The molecule has 0 aliphatic rings. The van der Waals surface area contributed by atoms with Crippen LogP contribution in [0.2, 0.25) is 0 Å². The van der Waals surface area contributed by atoms with Crippen LogP contribution in [0.5, 0.6) is 0 Å².